The molecule has 6 nitrogen and oxygen atoms in total. The molecule has 2 aromatic carbocycles. The largest absolute Gasteiger partial charge is 0.332 e. The van der Waals surface area contributed by atoms with Crippen LogP contribution in [0.1, 0.15) is 12.5 Å². The van der Waals surface area contributed by atoms with Gasteiger partial charge in [0, 0.05) is 16.3 Å². The number of anilines is 1. The quantitative estimate of drug-likeness (QED) is 0.710. The van der Waals surface area contributed by atoms with E-state index in [0.29, 0.717) is 17.3 Å². The van der Waals surface area contributed by atoms with Crippen molar-refractivity contribution < 1.29 is 18.5 Å². The Morgan fingerprint density at radius 2 is 1.83 bits per heavy atom. The Morgan fingerprint density at radius 3 is 2.42 bits per heavy atom. The molecule has 24 heavy (non-hydrogen) atoms. The van der Waals surface area contributed by atoms with Crippen molar-refractivity contribution in [1.82, 2.24) is 0 Å². The Kier molecular flexibility index (Phi) is 5.95. The summed E-state index contributed by atoms with van der Waals surface area (Å²) in [6.07, 6.45) is 0. The zero-order valence-electron chi connectivity index (χ0n) is 13.1. The molecular weight excluding hydrogens is 350 g/mol. The fourth-order valence-electron chi connectivity index (χ4n) is 2.06. The Bertz CT molecular complexity index is 823. The molecule has 0 saturated heterocycles. The summed E-state index contributed by atoms with van der Waals surface area (Å²) in [5.41, 5.74) is 1.46. The van der Waals surface area contributed by atoms with E-state index in [1.807, 2.05) is 29.6 Å². The van der Waals surface area contributed by atoms with Gasteiger partial charge < -0.3 is 10.6 Å². The van der Waals surface area contributed by atoms with Gasteiger partial charge in [-0.05, 0) is 37.3 Å². The van der Waals surface area contributed by atoms with E-state index < -0.39 is 10.0 Å². The molecule has 1 amide bonds. The average molecular weight is 369 g/mol. The third-order valence-electron chi connectivity index (χ3n) is 3.51. The molecule has 0 heterocycles. The third kappa shape index (κ3) is 5.04. The molecule has 128 valence electrons. The summed E-state index contributed by atoms with van der Waals surface area (Å²) in [5, 5.41) is 10.3. The van der Waals surface area contributed by atoms with E-state index in [1.165, 1.54) is 24.3 Å². The number of sulfonamides is 1. The highest BCUT2D eigenvalue weighted by atomic mass is 35.5. The van der Waals surface area contributed by atoms with Gasteiger partial charge in [0.2, 0.25) is 10.0 Å². The zero-order valence-corrected chi connectivity index (χ0v) is 14.6. The van der Waals surface area contributed by atoms with Crippen molar-refractivity contribution in [3.8, 4) is 0 Å². The van der Waals surface area contributed by atoms with Crippen molar-refractivity contribution in [2.24, 2.45) is 5.14 Å². The number of carbonyl (C=O) groups excluding carboxylic acids is 1. The van der Waals surface area contributed by atoms with Crippen LogP contribution in [0.5, 0.6) is 0 Å². The van der Waals surface area contributed by atoms with Crippen molar-refractivity contribution in [2.75, 3.05) is 5.32 Å². The summed E-state index contributed by atoms with van der Waals surface area (Å²) in [4.78, 5) is 12.2. The van der Waals surface area contributed by atoms with Crippen LogP contribution in [0.25, 0.3) is 0 Å². The summed E-state index contributed by atoms with van der Waals surface area (Å²) in [6, 6.07) is 12.8. The molecule has 0 aliphatic heterocycles. The van der Waals surface area contributed by atoms with Gasteiger partial charge >= 0.3 is 0 Å². The maximum atomic E-state index is 12.2. The van der Waals surface area contributed by atoms with Crippen LogP contribution in [-0.2, 0) is 21.4 Å². The molecule has 0 aliphatic carbocycles. The van der Waals surface area contributed by atoms with Crippen LogP contribution in [0.3, 0.4) is 0 Å². The molecule has 0 aliphatic rings. The number of hydrogen-bond acceptors (Lipinski definition) is 3. The Hall–Kier alpha value is -1.93. The van der Waals surface area contributed by atoms with E-state index in [-0.39, 0.29) is 16.8 Å². The lowest BCUT2D eigenvalue weighted by molar-refractivity contribution is -0.688. The Morgan fingerprint density at radius 1 is 1.21 bits per heavy atom. The minimum absolute atomic E-state index is 0.00108. The molecule has 0 spiro atoms. The lowest BCUT2D eigenvalue weighted by atomic mass is 10.2. The highest BCUT2D eigenvalue weighted by molar-refractivity contribution is 7.89. The van der Waals surface area contributed by atoms with E-state index in [1.54, 1.807) is 6.92 Å². The first-order valence-electron chi connectivity index (χ1n) is 7.28. The number of benzene rings is 2. The van der Waals surface area contributed by atoms with Gasteiger partial charge in [-0.1, -0.05) is 29.8 Å². The smallest absolute Gasteiger partial charge is 0.282 e. The molecule has 1 atom stereocenters. The van der Waals surface area contributed by atoms with E-state index in [2.05, 4.69) is 5.32 Å². The van der Waals surface area contributed by atoms with Crippen LogP contribution in [0.2, 0.25) is 5.02 Å². The highest BCUT2D eigenvalue weighted by Gasteiger charge is 2.17. The number of primary sulfonamides is 1. The first kappa shape index (κ1) is 18.4. The highest BCUT2D eigenvalue weighted by Crippen LogP contribution is 2.14. The Balaban J connectivity index is 1.93. The molecule has 5 N–H and O–H groups in total. The molecule has 2 aromatic rings. The number of rotatable bonds is 6. The fourth-order valence-corrected chi connectivity index (χ4v) is 2.79. The van der Waals surface area contributed by atoms with Gasteiger partial charge in [-0.3, -0.25) is 4.79 Å². The topological polar surface area (TPSA) is 106 Å². The summed E-state index contributed by atoms with van der Waals surface area (Å²) in [5.74, 6) is -0.189. The maximum Gasteiger partial charge on any atom is 0.282 e. The van der Waals surface area contributed by atoms with Gasteiger partial charge in [0.05, 0.1) is 4.90 Å². The van der Waals surface area contributed by atoms with E-state index in [0.717, 1.165) is 5.56 Å². The number of amides is 1. The van der Waals surface area contributed by atoms with Crippen molar-refractivity contribution in [3.63, 3.8) is 0 Å². The van der Waals surface area contributed by atoms with Crippen LogP contribution >= 0.6 is 11.6 Å². The minimum atomic E-state index is -3.74. The number of quaternary nitrogens is 1. The number of nitrogens with two attached hydrogens (primary N) is 2. The monoisotopic (exact) mass is 368 g/mol. The molecule has 8 heteroatoms. The number of halogens is 1. The zero-order chi connectivity index (χ0) is 17.7. The predicted octanol–water partition coefficient (Wildman–Crippen LogP) is 1.08. The van der Waals surface area contributed by atoms with E-state index in [9.17, 15) is 13.2 Å². The molecule has 0 bridgehead atoms. The standard InChI is InChI=1S/C16H18ClN3O3S/c1-11(19-10-12-4-2-3-5-15(12)17)16(21)20-13-6-8-14(9-7-13)24(18,22)23/h2-9,11,19H,10H2,1H3,(H,20,21)(H2,18,22,23)/p+1/t11-/m0/s1. The van der Waals surface area contributed by atoms with Gasteiger partial charge in [-0.15, -0.1) is 0 Å². The van der Waals surface area contributed by atoms with Gasteiger partial charge in [0.1, 0.15) is 6.54 Å². The predicted molar refractivity (Wildman–Crippen MR) is 93.0 cm³/mol. The van der Waals surface area contributed by atoms with Crippen LogP contribution in [0.4, 0.5) is 5.69 Å². The van der Waals surface area contributed by atoms with Gasteiger partial charge in [-0.2, -0.15) is 0 Å². The summed E-state index contributed by atoms with van der Waals surface area (Å²) in [6.45, 7) is 2.36. The number of carbonyl (C=O) groups is 1. The molecule has 0 fully saturated rings. The second-order valence-electron chi connectivity index (χ2n) is 5.38. The molecular formula is C16H19ClN3O3S+. The van der Waals surface area contributed by atoms with Gasteiger partial charge in [-0.25, -0.2) is 13.6 Å². The SMILES string of the molecule is C[C@H]([NH2+]Cc1ccccc1Cl)C(=O)Nc1ccc(S(N)(=O)=O)cc1. The molecule has 0 saturated carbocycles. The number of nitrogens with one attached hydrogen (secondary N) is 1. The maximum absolute atomic E-state index is 12.2. The summed E-state index contributed by atoms with van der Waals surface area (Å²) >= 11 is 6.09. The Labute approximate surface area is 146 Å². The van der Waals surface area contributed by atoms with Crippen LogP contribution in [-0.4, -0.2) is 20.4 Å². The van der Waals surface area contributed by atoms with Crippen molar-refractivity contribution in [2.45, 2.75) is 24.4 Å². The molecule has 0 aromatic heterocycles. The molecule has 0 radical (unpaired) electrons. The van der Waals surface area contributed by atoms with Gasteiger partial charge in [0.15, 0.2) is 6.04 Å². The second-order valence-corrected chi connectivity index (χ2v) is 7.35. The average Bonchev–Trinajstić information content (AvgIpc) is 2.53. The second kappa shape index (κ2) is 7.76. The first-order valence-corrected chi connectivity index (χ1v) is 9.20. The van der Waals surface area contributed by atoms with Crippen LogP contribution in [0, 0.1) is 0 Å². The molecule has 2 rings (SSSR count). The first-order chi connectivity index (χ1) is 11.3. The van der Waals surface area contributed by atoms with E-state index >= 15 is 0 Å². The van der Waals surface area contributed by atoms with Crippen molar-refractivity contribution in [1.29, 1.82) is 0 Å². The third-order valence-corrected chi connectivity index (χ3v) is 4.81. The van der Waals surface area contributed by atoms with Crippen LogP contribution < -0.4 is 15.8 Å². The summed E-state index contributed by atoms with van der Waals surface area (Å²) < 4.78 is 22.4. The van der Waals surface area contributed by atoms with E-state index in [4.69, 9.17) is 16.7 Å². The van der Waals surface area contributed by atoms with Gasteiger partial charge in [0.25, 0.3) is 5.91 Å². The van der Waals surface area contributed by atoms with Crippen molar-refractivity contribution in [3.05, 3.63) is 59.1 Å². The summed E-state index contributed by atoms with van der Waals surface area (Å²) in [7, 11) is -3.74. The van der Waals surface area contributed by atoms with Crippen molar-refractivity contribution >= 4 is 33.2 Å². The number of hydrogen-bond donors (Lipinski definition) is 3. The lowest BCUT2D eigenvalue weighted by Gasteiger charge is -2.12. The normalized spacial score (nSPS) is 12.6. The lowest BCUT2D eigenvalue weighted by Crippen LogP contribution is -2.90. The minimum Gasteiger partial charge on any atom is -0.332 e. The van der Waals surface area contributed by atoms with Crippen LogP contribution in [0.15, 0.2) is 53.4 Å². The molecule has 0 unspecified atom stereocenters. The fraction of sp³-hybridized carbons (Fsp3) is 0.188.